The van der Waals surface area contributed by atoms with Crippen LogP contribution in [-0.2, 0) is 16.0 Å². The summed E-state index contributed by atoms with van der Waals surface area (Å²) in [5.41, 5.74) is 3.15. The molecule has 0 aliphatic heterocycles. The second kappa shape index (κ2) is 9.80. The monoisotopic (exact) mass is 472 g/mol. The Balaban J connectivity index is 0.00000338. The van der Waals surface area contributed by atoms with Crippen LogP contribution in [0.3, 0.4) is 0 Å². The van der Waals surface area contributed by atoms with Crippen LogP contribution in [0.4, 0.5) is 0 Å². The molecule has 0 atom stereocenters. The summed E-state index contributed by atoms with van der Waals surface area (Å²) in [6.45, 7) is 8.44. The van der Waals surface area contributed by atoms with Gasteiger partial charge < -0.3 is 20.4 Å². The molecule has 144 valence electrons. The Kier molecular flexibility index (Phi) is 8.39. The third-order valence-corrected chi connectivity index (χ3v) is 3.74. The first-order valence-corrected chi connectivity index (χ1v) is 8.52. The Morgan fingerprint density at radius 3 is 2.58 bits per heavy atom. The SMILES string of the molecule is CN=C(NCCc1c(C)[nH]c2ccccc12)NCC(=O)OC(C)(C)C.I. The standard InChI is InChI=1S/C19H28N4O2.HI/c1-13-14(15-8-6-7-9-16(15)23-13)10-11-21-18(20-5)22-12-17(24)25-19(2,3)4;/h6-9,23H,10-12H2,1-5H3,(H2,20,21,22);1H. The molecule has 2 aromatic rings. The number of nitrogens with one attached hydrogen (secondary N) is 3. The van der Waals surface area contributed by atoms with Crippen molar-refractivity contribution >= 4 is 46.8 Å². The van der Waals surface area contributed by atoms with E-state index in [-0.39, 0.29) is 36.5 Å². The highest BCUT2D eigenvalue weighted by atomic mass is 127. The summed E-state index contributed by atoms with van der Waals surface area (Å²) in [6.07, 6.45) is 0.864. The number of guanidine groups is 1. The van der Waals surface area contributed by atoms with Crippen LogP contribution in [-0.4, -0.2) is 42.7 Å². The number of nitrogens with zero attached hydrogens (tertiary/aromatic N) is 1. The number of rotatable bonds is 5. The van der Waals surface area contributed by atoms with E-state index in [4.69, 9.17) is 4.74 Å². The van der Waals surface area contributed by atoms with Gasteiger partial charge in [0.05, 0.1) is 0 Å². The lowest BCUT2D eigenvalue weighted by Gasteiger charge is -2.20. The fraction of sp³-hybridized carbons (Fsp3) is 0.474. The molecule has 1 aromatic carbocycles. The van der Waals surface area contributed by atoms with Crippen molar-refractivity contribution in [2.75, 3.05) is 20.1 Å². The van der Waals surface area contributed by atoms with Crippen molar-refractivity contribution < 1.29 is 9.53 Å². The lowest BCUT2D eigenvalue weighted by Crippen LogP contribution is -2.42. The third-order valence-electron chi connectivity index (χ3n) is 3.74. The molecule has 7 heteroatoms. The molecule has 0 radical (unpaired) electrons. The van der Waals surface area contributed by atoms with Crippen molar-refractivity contribution in [1.29, 1.82) is 0 Å². The topological polar surface area (TPSA) is 78.5 Å². The molecule has 1 aromatic heterocycles. The predicted molar refractivity (Wildman–Crippen MR) is 117 cm³/mol. The largest absolute Gasteiger partial charge is 0.459 e. The zero-order valence-corrected chi connectivity index (χ0v) is 18.4. The number of para-hydroxylation sites is 1. The molecule has 0 spiro atoms. The summed E-state index contributed by atoms with van der Waals surface area (Å²) in [7, 11) is 1.68. The van der Waals surface area contributed by atoms with Gasteiger partial charge in [-0.3, -0.25) is 9.79 Å². The maximum atomic E-state index is 11.8. The number of carbonyl (C=O) groups is 1. The summed E-state index contributed by atoms with van der Waals surface area (Å²) >= 11 is 0. The zero-order valence-electron chi connectivity index (χ0n) is 16.1. The van der Waals surface area contributed by atoms with E-state index in [1.165, 1.54) is 16.6 Å². The van der Waals surface area contributed by atoms with E-state index in [0.717, 1.165) is 18.5 Å². The number of carbonyl (C=O) groups excluding carboxylic acids is 1. The Hall–Kier alpha value is -1.77. The number of hydrogen-bond acceptors (Lipinski definition) is 3. The molecule has 0 unspecified atom stereocenters. The van der Waals surface area contributed by atoms with Crippen LogP contribution in [0, 0.1) is 6.92 Å². The highest BCUT2D eigenvalue weighted by molar-refractivity contribution is 14.0. The molecule has 0 saturated carbocycles. The quantitative estimate of drug-likeness (QED) is 0.271. The second-order valence-corrected chi connectivity index (χ2v) is 6.96. The molecule has 0 bridgehead atoms. The summed E-state index contributed by atoms with van der Waals surface area (Å²) < 4.78 is 5.27. The summed E-state index contributed by atoms with van der Waals surface area (Å²) in [5, 5.41) is 7.46. The third kappa shape index (κ3) is 6.51. The molecule has 6 nitrogen and oxygen atoms in total. The van der Waals surface area contributed by atoms with Crippen LogP contribution in [0.15, 0.2) is 29.3 Å². The summed E-state index contributed by atoms with van der Waals surface area (Å²) in [4.78, 5) is 19.3. The van der Waals surface area contributed by atoms with E-state index < -0.39 is 5.60 Å². The maximum Gasteiger partial charge on any atom is 0.325 e. The van der Waals surface area contributed by atoms with E-state index in [1.807, 2.05) is 32.9 Å². The number of H-pyrrole nitrogens is 1. The number of aliphatic imine (C=N–C) groups is 1. The van der Waals surface area contributed by atoms with E-state index in [1.54, 1.807) is 7.05 Å². The van der Waals surface area contributed by atoms with Gasteiger partial charge in [0, 0.05) is 30.2 Å². The van der Waals surface area contributed by atoms with Gasteiger partial charge in [0.25, 0.3) is 0 Å². The lowest BCUT2D eigenvalue weighted by molar-refractivity contribution is -0.153. The summed E-state index contributed by atoms with van der Waals surface area (Å²) in [6, 6.07) is 8.29. The number of aromatic nitrogens is 1. The van der Waals surface area contributed by atoms with Crippen LogP contribution >= 0.6 is 24.0 Å². The fourth-order valence-corrected chi connectivity index (χ4v) is 2.72. The van der Waals surface area contributed by atoms with E-state index in [2.05, 4.69) is 39.7 Å². The molecular formula is C19H29IN4O2. The minimum absolute atomic E-state index is 0. The first-order valence-electron chi connectivity index (χ1n) is 8.52. The molecule has 0 amide bonds. The normalized spacial score (nSPS) is 11.8. The lowest BCUT2D eigenvalue weighted by atomic mass is 10.1. The molecule has 1 heterocycles. The van der Waals surface area contributed by atoms with Crippen LogP contribution in [0.1, 0.15) is 32.0 Å². The molecule has 0 aliphatic rings. The molecular weight excluding hydrogens is 443 g/mol. The predicted octanol–water partition coefficient (Wildman–Crippen LogP) is 3.14. The molecule has 0 aliphatic carbocycles. The van der Waals surface area contributed by atoms with Gasteiger partial charge in [0.1, 0.15) is 12.1 Å². The van der Waals surface area contributed by atoms with Crippen molar-refractivity contribution in [2.45, 2.75) is 39.7 Å². The van der Waals surface area contributed by atoms with Gasteiger partial charge in [0.15, 0.2) is 5.96 Å². The van der Waals surface area contributed by atoms with E-state index >= 15 is 0 Å². The summed E-state index contributed by atoms with van der Waals surface area (Å²) in [5.74, 6) is 0.284. The Labute approximate surface area is 172 Å². The number of esters is 1. The van der Waals surface area contributed by atoms with Crippen molar-refractivity contribution in [1.82, 2.24) is 15.6 Å². The van der Waals surface area contributed by atoms with Gasteiger partial charge in [0.2, 0.25) is 0 Å². The number of fused-ring (bicyclic) bond motifs is 1. The Bertz CT molecular complexity index is 762. The number of aryl methyl sites for hydroxylation is 1. The first-order chi connectivity index (χ1) is 11.8. The average molecular weight is 472 g/mol. The van der Waals surface area contributed by atoms with Crippen LogP contribution in [0.25, 0.3) is 10.9 Å². The average Bonchev–Trinajstić information content (AvgIpc) is 2.84. The van der Waals surface area contributed by atoms with Gasteiger partial charge in [-0.2, -0.15) is 0 Å². The van der Waals surface area contributed by atoms with Crippen molar-refractivity contribution in [3.63, 3.8) is 0 Å². The number of benzene rings is 1. The smallest absolute Gasteiger partial charge is 0.325 e. The highest BCUT2D eigenvalue weighted by Crippen LogP contribution is 2.21. The minimum Gasteiger partial charge on any atom is -0.459 e. The molecule has 26 heavy (non-hydrogen) atoms. The van der Waals surface area contributed by atoms with E-state index in [0.29, 0.717) is 5.96 Å². The molecule has 2 rings (SSSR count). The number of ether oxygens (including phenoxy) is 1. The van der Waals surface area contributed by atoms with Gasteiger partial charge in [-0.25, -0.2) is 0 Å². The second-order valence-electron chi connectivity index (χ2n) is 6.96. The Morgan fingerprint density at radius 2 is 1.92 bits per heavy atom. The van der Waals surface area contributed by atoms with Crippen LogP contribution < -0.4 is 10.6 Å². The molecule has 0 fully saturated rings. The van der Waals surface area contributed by atoms with Crippen molar-refractivity contribution in [3.05, 3.63) is 35.5 Å². The van der Waals surface area contributed by atoms with Gasteiger partial charge in [-0.1, -0.05) is 18.2 Å². The van der Waals surface area contributed by atoms with Crippen molar-refractivity contribution in [3.8, 4) is 0 Å². The number of aromatic amines is 1. The van der Waals surface area contributed by atoms with Gasteiger partial charge in [-0.05, 0) is 45.7 Å². The highest BCUT2D eigenvalue weighted by Gasteiger charge is 2.16. The first kappa shape index (κ1) is 22.3. The zero-order chi connectivity index (χ0) is 18.4. The fourth-order valence-electron chi connectivity index (χ4n) is 2.72. The molecule has 0 saturated heterocycles. The van der Waals surface area contributed by atoms with Gasteiger partial charge in [-0.15, -0.1) is 24.0 Å². The van der Waals surface area contributed by atoms with Crippen LogP contribution in [0.2, 0.25) is 0 Å². The van der Waals surface area contributed by atoms with Crippen molar-refractivity contribution in [2.24, 2.45) is 4.99 Å². The van der Waals surface area contributed by atoms with E-state index in [9.17, 15) is 4.79 Å². The number of hydrogen-bond donors (Lipinski definition) is 3. The molecule has 3 N–H and O–H groups in total. The maximum absolute atomic E-state index is 11.8. The minimum atomic E-state index is -0.484. The Morgan fingerprint density at radius 1 is 1.23 bits per heavy atom. The van der Waals surface area contributed by atoms with Gasteiger partial charge >= 0.3 is 5.97 Å². The number of halogens is 1. The van der Waals surface area contributed by atoms with Crippen LogP contribution in [0.5, 0.6) is 0 Å².